The minimum absolute atomic E-state index is 0.0496. The van der Waals surface area contributed by atoms with E-state index in [1.807, 2.05) is 63.2 Å². The maximum absolute atomic E-state index is 13.5. The van der Waals surface area contributed by atoms with E-state index in [2.05, 4.69) is 20.8 Å². The van der Waals surface area contributed by atoms with E-state index in [-0.39, 0.29) is 23.3 Å². The third-order valence-electron chi connectivity index (χ3n) is 6.98. The van der Waals surface area contributed by atoms with E-state index >= 15 is 0 Å². The molecule has 1 N–H and O–H groups in total. The average molecular weight is 532 g/mol. The molecule has 1 unspecified atom stereocenters. The van der Waals surface area contributed by atoms with Gasteiger partial charge in [0.25, 0.3) is 11.7 Å². The van der Waals surface area contributed by atoms with E-state index in [1.165, 1.54) is 0 Å². The van der Waals surface area contributed by atoms with Gasteiger partial charge in [-0.2, -0.15) is 0 Å². The molecule has 1 aliphatic heterocycles. The molecule has 3 aromatic rings. The first-order chi connectivity index (χ1) is 17.9. The summed E-state index contributed by atoms with van der Waals surface area (Å²) in [5.74, 6) is -1.22. The van der Waals surface area contributed by atoms with Crippen LogP contribution in [0.15, 0.2) is 66.2 Å². The number of amides is 1. The van der Waals surface area contributed by atoms with Crippen molar-refractivity contribution < 1.29 is 19.4 Å². The summed E-state index contributed by atoms with van der Waals surface area (Å²) < 4.78 is 5.59. The Hall–Kier alpha value is -3.57. The van der Waals surface area contributed by atoms with Crippen LogP contribution in [0.4, 0.5) is 0 Å². The molecule has 1 atom stereocenters. The molecule has 38 heavy (non-hydrogen) atoms. The number of carbonyl (C=O) groups excluding carboxylic acids is 2. The summed E-state index contributed by atoms with van der Waals surface area (Å²) in [5.41, 5.74) is 5.28. The molecule has 1 amide bonds. The fourth-order valence-electron chi connectivity index (χ4n) is 4.78. The van der Waals surface area contributed by atoms with E-state index in [1.54, 1.807) is 23.1 Å². The molecular formula is C32H34ClNO4. The standard InChI is InChI=1S/C32H34ClNO4/c1-7-38-26-17-22(12-15-25(26)33)29(35)27-28(21-10-13-24(14-11-21)32(4,5)6)34(31(37)30(27)36)18-23-16-19(2)8-9-20(23)3/h8-17,28,35H,7,18H2,1-6H3/b29-27-. The highest BCUT2D eigenvalue weighted by atomic mass is 35.5. The molecule has 1 heterocycles. The highest BCUT2D eigenvalue weighted by Crippen LogP contribution is 2.42. The molecule has 0 radical (unpaired) electrons. The Morgan fingerprint density at radius 1 is 1.00 bits per heavy atom. The Kier molecular flexibility index (Phi) is 7.70. The first-order valence-corrected chi connectivity index (χ1v) is 13.2. The molecular weight excluding hydrogens is 498 g/mol. The molecule has 0 aliphatic carbocycles. The van der Waals surface area contributed by atoms with E-state index < -0.39 is 17.7 Å². The van der Waals surface area contributed by atoms with Crippen LogP contribution in [0.25, 0.3) is 5.76 Å². The summed E-state index contributed by atoms with van der Waals surface area (Å²) in [5, 5.41) is 11.9. The van der Waals surface area contributed by atoms with Gasteiger partial charge in [-0.1, -0.05) is 80.4 Å². The van der Waals surface area contributed by atoms with Gasteiger partial charge in [0.1, 0.15) is 11.5 Å². The monoisotopic (exact) mass is 531 g/mol. The fourth-order valence-corrected chi connectivity index (χ4v) is 4.95. The van der Waals surface area contributed by atoms with Crippen LogP contribution in [0, 0.1) is 13.8 Å². The summed E-state index contributed by atoms with van der Waals surface area (Å²) >= 11 is 6.26. The predicted octanol–water partition coefficient (Wildman–Crippen LogP) is 7.27. The van der Waals surface area contributed by atoms with Crippen LogP contribution in [0.5, 0.6) is 5.75 Å². The first-order valence-electron chi connectivity index (χ1n) is 12.8. The lowest BCUT2D eigenvalue weighted by Crippen LogP contribution is -2.29. The van der Waals surface area contributed by atoms with Gasteiger partial charge < -0.3 is 14.7 Å². The maximum atomic E-state index is 13.5. The Morgan fingerprint density at radius 3 is 2.32 bits per heavy atom. The van der Waals surface area contributed by atoms with Gasteiger partial charge in [0, 0.05) is 12.1 Å². The second-order valence-electron chi connectivity index (χ2n) is 10.8. The lowest BCUT2D eigenvalue weighted by Gasteiger charge is -2.27. The van der Waals surface area contributed by atoms with E-state index in [4.69, 9.17) is 16.3 Å². The molecule has 0 spiro atoms. The Labute approximate surface area is 229 Å². The predicted molar refractivity (Wildman–Crippen MR) is 152 cm³/mol. The molecule has 1 fully saturated rings. The van der Waals surface area contributed by atoms with Gasteiger partial charge in [0.2, 0.25) is 0 Å². The van der Waals surface area contributed by atoms with Crippen LogP contribution in [0.2, 0.25) is 5.02 Å². The molecule has 5 nitrogen and oxygen atoms in total. The van der Waals surface area contributed by atoms with Gasteiger partial charge in [-0.25, -0.2) is 0 Å². The minimum atomic E-state index is -0.754. The number of aryl methyl sites for hydroxylation is 2. The fraction of sp³-hybridized carbons (Fsp3) is 0.312. The third kappa shape index (κ3) is 5.34. The van der Waals surface area contributed by atoms with Gasteiger partial charge in [0.05, 0.1) is 23.2 Å². The highest BCUT2D eigenvalue weighted by molar-refractivity contribution is 6.46. The zero-order chi connectivity index (χ0) is 27.8. The maximum Gasteiger partial charge on any atom is 0.295 e. The topological polar surface area (TPSA) is 66.8 Å². The number of ketones is 1. The van der Waals surface area contributed by atoms with Gasteiger partial charge in [-0.3, -0.25) is 9.59 Å². The number of halogens is 1. The average Bonchev–Trinajstić information content (AvgIpc) is 3.11. The molecule has 198 valence electrons. The van der Waals surface area contributed by atoms with E-state index in [0.717, 1.165) is 27.8 Å². The zero-order valence-electron chi connectivity index (χ0n) is 22.8. The number of benzene rings is 3. The van der Waals surface area contributed by atoms with E-state index in [9.17, 15) is 14.7 Å². The van der Waals surface area contributed by atoms with Gasteiger partial charge in [-0.05, 0) is 66.6 Å². The van der Waals surface area contributed by atoms with Crippen LogP contribution in [-0.2, 0) is 21.5 Å². The van der Waals surface area contributed by atoms with Crippen molar-refractivity contribution in [3.63, 3.8) is 0 Å². The lowest BCUT2D eigenvalue weighted by molar-refractivity contribution is -0.140. The summed E-state index contributed by atoms with van der Waals surface area (Å²) in [6, 6.07) is 18.0. The number of nitrogens with zero attached hydrogens (tertiary/aromatic N) is 1. The highest BCUT2D eigenvalue weighted by Gasteiger charge is 2.46. The number of rotatable bonds is 6. The van der Waals surface area contributed by atoms with Crippen LogP contribution < -0.4 is 4.74 Å². The lowest BCUT2D eigenvalue weighted by atomic mass is 9.85. The molecule has 1 aliphatic rings. The van der Waals surface area contributed by atoms with Gasteiger partial charge >= 0.3 is 0 Å². The van der Waals surface area contributed by atoms with Crippen molar-refractivity contribution in [3.8, 4) is 5.75 Å². The molecule has 1 saturated heterocycles. The van der Waals surface area contributed by atoms with Crippen molar-refractivity contribution in [1.29, 1.82) is 0 Å². The van der Waals surface area contributed by atoms with Gasteiger partial charge in [0.15, 0.2) is 0 Å². The molecule has 0 aromatic heterocycles. The Bertz CT molecular complexity index is 1420. The first kappa shape index (κ1) is 27.5. The smallest absolute Gasteiger partial charge is 0.295 e. The molecule has 3 aromatic carbocycles. The third-order valence-corrected chi connectivity index (χ3v) is 7.29. The molecule has 4 rings (SSSR count). The van der Waals surface area contributed by atoms with Crippen molar-refractivity contribution in [3.05, 3.63) is 105 Å². The van der Waals surface area contributed by atoms with E-state index in [0.29, 0.717) is 22.9 Å². The van der Waals surface area contributed by atoms with Crippen molar-refractivity contribution in [2.75, 3.05) is 6.61 Å². The SMILES string of the molecule is CCOc1cc(/C(O)=C2/C(=O)C(=O)N(Cc3cc(C)ccc3C)C2c2ccc(C(C)(C)C)cc2)ccc1Cl. The summed E-state index contributed by atoms with van der Waals surface area (Å²) in [7, 11) is 0. The quantitative estimate of drug-likeness (QED) is 0.206. The van der Waals surface area contributed by atoms with Crippen LogP contribution >= 0.6 is 11.6 Å². The number of ether oxygens (including phenoxy) is 1. The summed E-state index contributed by atoms with van der Waals surface area (Å²) in [6.07, 6.45) is 0. The molecule has 6 heteroatoms. The number of carbonyl (C=O) groups is 2. The van der Waals surface area contributed by atoms with Crippen molar-refractivity contribution in [1.82, 2.24) is 4.90 Å². The number of aliphatic hydroxyl groups is 1. The minimum Gasteiger partial charge on any atom is -0.507 e. The largest absolute Gasteiger partial charge is 0.507 e. The van der Waals surface area contributed by atoms with Gasteiger partial charge in [-0.15, -0.1) is 0 Å². The normalized spacial score (nSPS) is 17.2. The number of Topliss-reactive ketones (excluding diaryl/α,β-unsaturated/α-hetero) is 1. The van der Waals surface area contributed by atoms with Crippen molar-refractivity contribution in [2.45, 2.75) is 59.5 Å². The Balaban J connectivity index is 1.89. The summed E-state index contributed by atoms with van der Waals surface area (Å²) in [4.78, 5) is 28.5. The molecule has 0 bridgehead atoms. The Morgan fingerprint density at radius 2 is 1.68 bits per heavy atom. The van der Waals surface area contributed by atoms with Crippen molar-refractivity contribution in [2.24, 2.45) is 0 Å². The zero-order valence-corrected chi connectivity index (χ0v) is 23.5. The van der Waals surface area contributed by atoms with Crippen LogP contribution in [-0.4, -0.2) is 28.3 Å². The van der Waals surface area contributed by atoms with Crippen LogP contribution in [0.1, 0.15) is 67.1 Å². The second-order valence-corrected chi connectivity index (χ2v) is 11.2. The second kappa shape index (κ2) is 10.7. The van der Waals surface area contributed by atoms with Crippen LogP contribution in [0.3, 0.4) is 0 Å². The number of hydrogen-bond donors (Lipinski definition) is 1. The number of hydrogen-bond acceptors (Lipinski definition) is 4. The van der Waals surface area contributed by atoms with Crippen molar-refractivity contribution >= 4 is 29.1 Å². The number of likely N-dealkylation sites (tertiary alicyclic amines) is 1. The number of aliphatic hydroxyl groups excluding tert-OH is 1. The molecule has 0 saturated carbocycles. The summed E-state index contributed by atoms with van der Waals surface area (Å²) in [6.45, 7) is 12.8.